The molecule has 0 saturated heterocycles. The molecule has 138 valence electrons. The average molecular weight is 455 g/mol. The monoisotopic (exact) mass is 455 g/mol. The van der Waals surface area contributed by atoms with Crippen LogP contribution in [0.3, 0.4) is 0 Å². The lowest BCUT2D eigenvalue weighted by Crippen LogP contribution is -2.41. The Morgan fingerprint density at radius 2 is 1.88 bits per heavy atom. The van der Waals surface area contributed by atoms with Crippen LogP contribution >= 0.6 is 24.0 Å². The Kier molecular flexibility index (Phi) is 8.96. The summed E-state index contributed by atoms with van der Waals surface area (Å²) in [6.07, 6.45) is 0. The summed E-state index contributed by atoms with van der Waals surface area (Å²) < 4.78 is 2.07. The van der Waals surface area contributed by atoms with Crippen molar-refractivity contribution < 1.29 is 0 Å². The van der Waals surface area contributed by atoms with Gasteiger partial charge in [-0.05, 0) is 38.3 Å². The molecule has 0 fully saturated rings. The fourth-order valence-corrected chi connectivity index (χ4v) is 2.72. The minimum atomic E-state index is 0. The molecule has 0 spiro atoms. The van der Waals surface area contributed by atoms with Gasteiger partial charge >= 0.3 is 0 Å². The fourth-order valence-electron chi connectivity index (χ4n) is 2.72. The van der Waals surface area contributed by atoms with Crippen LogP contribution in [0.4, 0.5) is 0 Å². The van der Waals surface area contributed by atoms with Crippen LogP contribution in [-0.4, -0.2) is 29.3 Å². The molecule has 2 unspecified atom stereocenters. The molecule has 2 atom stereocenters. The molecule has 0 radical (unpaired) electrons. The van der Waals surface area contributed by atoms with Gasteiger partial charge in [0, 0.05) is 25.8 Å². The second-order valence-corrected chi connectivity index (χ2v) is 6.44. The SMILES string of the molecule is CN=C(NCC(C)Cn1nc(C)cc1C)NC(C)c1ccccc1.I. The molecule has 25 heavy (non-hydrogen) atoms. The minimum absolute atomic E-state index is 0. The Morgan fingerprint density at radius 1 is 1.20 bits per heavy atom. The number of aryl methyl sites for hydroxylation is 2. The first-order chi connectivity index (χ1) is 11.5. The number of hydrogen-bond donors (Lipinski definition) is 2. The molecule has 0 aliphatic rings. The minimum Gasteiger partial charge on any atom is -0.356 e. The van der Waals surface area contributed by atoms with Crippen molar-refractivity contribution in [2.75, 3.05) is 13.6 Å². The first kappa shape index (κ1) is 21.5. The first-order valence-electron chi connectivity index (χ1n) is 8.52. The number of halogens is 1. The topological polar surface area (TPSA) is 54.2 Å². The lowest BCUT2D eigenvalue weighted by Gasteiger charge is -2.20. The van der Waals surface area contributed by atoms with Crippen molar-refractivity contribution in [1.29, 1.82) is 0 Å². The second kappa shape index (κ2) is 10.4. The molecule has 2 aromatic rings. The summed E-state index contributed by atoms with van der Waals surface area (Å²) in [5.41, 5.74) is 3.53. The third-order valence-corrected chi connectivity index (χ3v) is 4.08. The van der Waals surface area contributed by atoms with Gasteiger partial charge in [0.2, 0.25) is 0 Å². The number of benzene rings is 1. The Morgan fingerprint density at radius 3 is 2.44 bits per heavy atom. The van der Waals surface area contributed by atoms with Gasteiger partial charge in [-0.25, -0.2) is 0 Å². The Bertz CT molecular complexity index is 666. The predicted molar refractivity (Wildman–Crippen MR) is 116 cm³/mol. The molecule has 6 heteroatoms. The van der Waals surface area contributed by atoms with Crippen molar-refractivity contribution in [3.05, 3.63) is 53.3 Å². The quantitative estimate of drug-likeness (QED) is 0.397. The van der Waals surface area contributed by atoms with Crippen LogP contribution in [0.5, 0.6) is 0 Å². The zero-order valence-electron chi connectivity index (χ0n) is 15.8. The highest BCUT2D eigenvalue weighted by molar-refractivity contribution is 14.0. The van der Waals surface area contributed by atoms with Crippen LogP contribution < -0.4 is 10.6 Å². The summed E-state index contributed by atoms with van der Waals surface area (Å²) in [5.74, 6) is 1.28. The molecule has 1 aromatic carbocycles. The maximum Gasteiger partial charge on any atom is 0.191 e. The van der Waals surface area contributed by atoms with Gasteiger partial charge in [-0.3, -0.25) is 9.67 Å². The zero-order chi connectivity index (χ0) is 17.5. The third kappa shape index (κ3) is 6.68. The normalized spacial score (nSPS) is 13.7. The summed E-state index contributed by atoms with van der Waals surface area (Å²) in [4.78, 5) is 4.33. The maximum atomic E-state index is 4.53. The van der Waals surface area contributed by atoms with Gasteiger partial charge in [0.25, 0.3) is 0 Å². The van der Waals surface area contributed by atoms with E-state index in [-0.39, 0.29) is 30.0 Å². The predicted octanol–water partition coefficient (Wildman–Crippen LogP) is 3.68. The van der Waals surface area contributed by atoms with Crippen molar-refractivity contribution in [2.24, 2.45) is 10.9 Å². The van der Waals surface area contributed by atoms with Gasteiger partial charge in [0.15, 0.2) is 5.96 Å². The van der Waals surface area contributed by atoms with E-state index in [2.05, 4.69) is 76.5 Å². The van der Waals surface area contributed by atoms with E-state index in [1.807, 2.05) is 13.0 Å². The highest BCUT2D eigenvalue weighted by atomic mass is 127. The first-order valence-corrected chi connectivity index (χ1v) is 8.52. The van der Waals surface area contributed by atoms with Crippen LogP contribution in [0.1, 0.15) is 36.8 Å². The van der Waals surface area contributed by atoms with E-state index < -0.39 is 0 Å². The van der Waals surface area contributed by atoms with Crippen molar-refractivity contribution in [3.8, 4) is 0 Å². The largest absolute Gasteiger partial charge is 0.356 e. The Hall–Kier alpha value is -1.57. The van der Waals surface area contributed by atoms with Gasteiger partial charge in [0.05, 0.1) is 11.7 Å². The van der Waals surface area contributed by atoms with E-state index in [1.54, 1.807) is 7.05 Å². The van der Waals surface area contributed by atoms with E-state index in [0.717, 1.165) is 24.7 Å². The number of nitrogens with zero attached hydrogens (tertiary/aromatic N) is 3. The molecule has 2 rings (SSSR count). The van der Waals surface area contributed by atoms with Crippen LogP contribution in [0.25, 0.3) is 0 Å². The number of aliphatic imine (C=N–C) groups is 1. The van der Waals surface area contributed by atoms with Crippen molar-refractivity contribution >= 4 is 29.9 Å². The Balaban J connectivity index is 0.00000312. The fraction of sp³-hybridized carbons (Fsp3) is 0.474. The molecule has 0 bridgehead atoms. The van der Waals surface area contributed by atoms with E-state index in [1.165, 1.54) is 11.3 Å². The summed E-state index contributed by atoms with van der Waals surface area (Å²) in [5, 5.41) is 11.4. The van der Waals surface area contributed by atoms with E-state index in [4.69, 9.17) is 0 Å². The summed E-state index contributed by atoms with van der Waals surface area (Å²) in [6, 6.07) is 12.7. The van der Waals surface area contributed by atoms with Crippen LogP contribution in [0.15, 0.2) is 41.4 Å². The van der Waals surface area contributed by atoms with E-state index in [9.17, 15) is 0 Å². The summed E-state index contributed by atoms with van der Waals surface area (Å²) >= 11 is 0. The molecular weight excluding hydrogens is 425 g/mol. The van der Waals surface area contributed by atoms with Crippen LogP contribution in [-0.2, 0) is 6.54 Å². The highest BCUT2D eigenvalue weighted by Crippen LogP contribution is 2.11. The zero-order valence-corrected chi connectivity index (χ0v) is 18.1. The molecule has 0 saturated carbocycles. The van der Waals surface area contributed by atoms with Crippen LogP contribution in [0, 0.1) is 19.8 Å². The second-order valence-electron chi connectivity index (χ2n) is 6.44. The molecule has 5 nitrogen and oxygen atoms in total. The lowest BCUT2D eigenvalue weighted by molar-refractivity contribution is 0.435. The number of aromatic nitrogens is 2. The van der Waals surface area contributed by atoms with Gasteiger partial charge in [-0.2, -0.15) is 5.10 Å². The number of hydrogen-bond acceptors (Lipinski definition) is 2. The lowest BCUT2D eigenvalue weighted by atomic mass is 10.1. The van der Waals surface area contributed by atoms with Crippen molar-refractivity contribution in [1.82, 2.24) is 20.4 Å². The average Bonchev–Trinajstić information content (AvgIpc) is 2.89. The van der Waals surface area contributed by atoms with Gasteiger partial charge in [-0.1, -0.05) is 37.3 Å². The highest BCUT2D eigenvalue weighted by Gasteiger charge is 2.10. The number of nitrogens with one attached hydrogen (secondary N) is 2. The molecule has 0 amide bonds. The standard InChI is InChI=1S/C19H29N5.HI/c1-14(13-24-16(3)11-15(2)23-24)12-21-19(20-5)22-17(4)18-9-7-6-8-10-18;/h6-11,14,17H,12-13H2,1-5H3,(H2,20,21,22);1H. The summed E-state index contributed by atoms with van der Waals surface area (Å²) in [6.45, 7) is 10.2. The molecular formula is C19H30IN5. The Labute approximate surface area is 168 Å². The molecule has 1 aromatic heterocycles. The van der Waals surface area contributed by atoms with E-state index >= 15 is 0 Å². The smallest absolute Gasteiger partial charge is 0.191 e. The van der Waals surface area contributed by atoms with E-state index in [0.29, 0.717) is 5.92 Å². The molecule has 2 N–H and O–H groups in total. The van der Waals surface area contributed by atoms with Gasteiger partial charge in [-0.15, -0.1) is 24.0 Å². The summed E-state index contributed by atoms with van der Waals surface area (Å²) in [7, 11) is 1.80. The van der Waals surface area contributed by atoms with Crippen molar-refractivity contribution in [3.63, 3.8) is 0 Å². The molecule has 0 aliphatic heterocycles. The van der Waals surface area contributed by atoms with Crippen molar-refractivity contribution in [2.45, 2.75) is 40.3 Å². The number of guanidine groups is 1. The molecule has 0 aliphatic carbocycles. The van der Waals surface area contributed by atoms with Gasteiger partial charge in [0.1, 0.15) is 0 Å². The number of rotatable bonds is 6. The molecule has 1 heterocycles. The van der Waals surface area contributed by atoms with Gasteiger partial charge < -0.3 is 10.6 Å². The van der Waals surface area contributed by atoms with Crippen LogP contribution in [0.2, 0.25) is 0 Å². The maximum absolute atomic E-state index is 4.53. The third-order valence-electron chi connectivity index (χ3n) is 4.08.